The molecule has 1 saturated heterocycles. The van der Waals surface area contributed by atoms with Crippen molar-refractivity contribution in [3.63, 3.8) is 0 Å². The molecule has 0 saturated carbocycles. The Balaban J connectivity index is 1.62. The molecule has 4 nitrogen and oxygen atoms in total. The van der Waals surface area contributed by atoms with E-state index in [-0.39, 0.29) is 11.6 Å². The molecule has 196 valence electrons. The van der Waals surface area contributed by atoms with E-state index in [1.54, 1.807) is 28.8 Å². The molecule has 1 aliphatic rings. The highest BCUT2D eigenvalue weighted by atomic mass is 79.9. The molecular formula is C30H27BrF3N3O. The summed E-state index contributed by atoms with van der Waals surface area (Å²) in [6.45, 7) is 1.33. The van der Waals surface area contributed by atoms with Gasteiger partial charge in [-0.25, -0.2) is 0 Å². The van der Waals surface area contributed by atoms with Gasteiger partial charge in [0.1, 0.15) is 0 Å². The molecule has 38 heavy (non-hydrogen) atoms. The smallest absolute Gasteiger partial charge is 0.337 e. The van der Waals surface area contributed by atoms with Gasteiger partial charge in [-0.15, -0.1) is 0 Å². The quantitative estimate of drug-likeness (QED) is 0.246. The van der Waals surface area contributed by atoms with Gasteiger partial charge in [0.2, 0.25) is 0 Å². The minimum Gasteiger partial charge on any atom is -0.337 e. The molecule has 0 radical (unpaired) electrons. The lowest BCUT2D eigenvalue weighted by atomic mass is 10.1. The Morgan fingerprint density at radius 2 is 1.58 bits per heavy atom. The highest BCUT2D eigenvalue weighted by molar-refractivity contribution is 9.10. The molecule has 0 bridgehead atoms. The van der Waals surface area contributed by atoms with Crippen LogP contribution in [0.2, 0.25) is 0 Å². The fourth-order valence-electron chi connectivity index (χ4n) is 5.02. The Bertz CT molecular complexity index is 1460. The van der Waals surface area contributed by atoms with E-state index in [1.165, 1.54) is 12.1 Å². The lowest BCUT2D eigenvalue weighted by Gasteiger charge is -2.21. The van der Waals surface area contributed by atoms with Crippen molar-refractivity contribution >= 4 is 21.8 Å². The maximum absolute atomic E-state index is 14.1. The fourth-order valence-corrected chi connectivity index (χ4v) is 5.28. The average Bonchev–Trinajstić information content (AvgIpc) is 3.57. The number of alkyl halides is 3. The number of amides is 1. The summed E-state index contributed by atoms with van der Waals surface area (Å²) in [6.07, 6.45) is -3.63. The Hall–Kier alpha value is -3.36. The van der Waals surface area contributed by atoms with Gasteiger partial charge in [-0.05, 0) is 80.2 Å². The third kappa shape index (κ3) is 5.15. The van der Waals surface area contributed by atoms with Gasteiger partial charge in [-0.2, -0.15) is 13.2 Å². The van der Waals surface area contributed by atoms with E-state index < -0.39 is 11.7 Å². The number of rotatable bonds is 5. The largest absolute Gasteiger partial charge is 0.418 e. The number of carbonyl (C=O) groups excluding carboxylic acids is 1. The summed E-state index contributed by atoms with van der Waals surface area (Å²) in [5.41, 5.74) is 2.45. The maximum atomic E-state index is 14.1. The van der Waals surface area contributed by atoms with E-state index in [2.05, 4.69) is 20.8 Å². The van der Waals surface area contributed by atoms with E-state index in [4.69, 9.17) is 0 Å². The Morgan fingerprint density at radius 1 is 0.895 bits per heavy atom. The standard InChI is InChI=1S/C30H27BrF3N3O/c1-35(2)24-16-17-36(19-24)29(38)22-7-5-6-21(18-22)27-15-14-26(20-10-12-23(31)13-11-20)37(27)28-9-4-3-8-25(28)30(32,33)34/h3-15,18,24H,16-17,19H2,1-2H3/t24-/m1/s1. The molecule has 1 fully saturated rings. The molecule has 5 rings (SSSR count). The van der Waals surface area contributed by atoms with Gasteiger partial charge in [0.05, 0.1) is 22.6 Å². The monoisotopic (exact) mass is 581 g/mol. The van der Waals surface area contributed by atoms with Crippen molar-refractivity contribution < 1.29 is 18.0 Å². The molecule has 4 aromatic rings. The number of hydrogen-bond acceptors (Lipinski definition) is 2. The molecule has 0 unspecified atom stereocenters. The molecule has 1 aromatic heterocycles. The summed E-state index contributed by atoms with van der Waals surface area (Å²) in [6, 6.07) is 24.1. The molecule has 1 amide bonds. The summed E-state index contributed by atoms with van der Waals surface area (Å²) in [5, 5.41) is 0. The molecule has 0 aliphatic carbocycles. The first kappa shape index (κ1) is 26.3. The van der Waals surface area contributed by atoms with Gasteiger partial charge in [-0.3, -0.25) is 4.79 Å². The van der Waals surface area contributed by atoms with Crippen molar-refractivity contribution in [2.45, 2.75) is 18.6 Å². The second-order valence-electron chi connectivity index (χ2n) is 9.70. The number of likely N-dealkylation sites (tertiary alicyclic amines) is 1. The molecule has 0 N–H and O–H groups in total. The lowest BCUT2D eigenvalue weighted by Crippen LogP contribution is -2.34. The first-order chi connectivity index (χ1) is 18.1. The number of halogens is 4. The second kappa shape index (κ2) is 10.4. The summed E-state index contributed by atoms with van der Waals surface area (Å²) < 4.78 is 44.9. The van der Waals surface area contributed by atoms with Crippen molar-refractivity contribution in [3.05, 3.63) is 101 Å². The Morgan fingerprint density at radius 3 is 2.24 bits per heavy atom. The lowest BCUT2D eigenvalue weighted by molar-refractivity contribution is -0.137. The van der Waals surface area contributed by atoms with Crippen LogP contribution in [0.3, 0.4) is 0 Å². The van der Waals surface area contributed by atoms with Crippen molar-refractivity contribution in [2.24, 2.45) is 0 Å². The first-order valence-corrected chi connectivity index (χ1v) is 13.1. The zero-order chi connectivity index (χ0) is 27.0. The highest BCUT2D eigenvalue weighted by Gasteiger charge is 2.35. The van der Waals surface area contributed by atoms with Gasteiger partial charge in [0.15, 0.2) is 0 Å². The summed E-state index contributed by atoms with van der Waals surface area (Å²) in [7, 11) is 4.02. The minimum absolute atomic E-state index is 0.0306. The van der Waals surface area contributed by atoms with Crippen molar-refractivity contribution in [1.29, 1.82) is 0 Å². The van der Waals surface area contributed by atoms with E-state index >= 15 is 0 Å². The molecule has 2 heterocycles. The van der Waals surface area contributed by atoms with Crippen LogP contribution in [0, 0.1) is 0 Å². The molecule has 3 aromatic carbocycles. The van der Waals surface area contributed by atoms with Crippen LogP contribution in [0.5, 0.6) is 0 Å². The van der Waals surface area contributed by atoms with Crippen LogP contribution >= 0.6 is 15.9 Å². The van der Waals surface area contributed by atoms with Crippen molar-refractivity contribution in [1.82, 2.24) is 14.4 Å². The van der Waals surface area contributed by atoms with Crippen molar-refractivity contribution in [3.8, 4) is 28.2 Å². The molecule has 8 heteroatoms. The third-order valence-electron chi connectivity index (χ3n) is 7.06. The topological polar surface area (TPSA) is 28.5 Å². The zero-order valence-corrected chi connectivity index (χ0v) is 22.6. The number of hydrogen-bond donors (Lipinski definition) is 0. The molecule has 1 atom stereocenters. The Labute approximate surface area is 228 Å². The van der Waals surface area contributed by atoms with Crippen LogP contribution in [0.15, 0.2) is 89.4 Å². The van der Waals surface area contributed by atoms with Crippen LogP contribution in [-0.2, 0) is 6.18 Å². The SMILES string of the molecule is CN(C)[C@@H]1CCN(C(=O)c2cccc(-c3ccc(-c4ccc(Br)cc4)n3-c3ccccc3C(F)(F)F)c2)C1. The predicted octanol–water partition coefficient (Wildman–Crippen LogP) is 7.37. The van der Waals surface area contributed by atoms with Gasteiger partial charge in [-0.1, -0.05) is 52.3 Å². The van der Waals surface area contributed by atoms with Crippen LogP contribution < -0.4 is 0 Å². The number of aromatic nitrogens is 1. The predicted molar refractivity (Wildman–Crippen MR) is 147 cm³/mol. The summed E-state index contributed by atoms with van der Waals surface area (Å²) in [5.74, 6) is -0.0712. The van der Waals surface area contributed by atoms with E-state index in [0.29, 0.717) is 41.6 Å². The summed E-state index contributed by atoms with van der Waals surface area (Å²) >= 11 is 3.43. The van der Waals surface area contributed by atoms with E-state index in [1.807, 2.05) is 61.5 Å². The first-order valence-electron chi connectivity index (χ1n) is 12.3. The van der Waals surface area contributed by atoms with Gasteiger partial charge >= 0.3 is 6.18 Å². The normalized spacial score (nSPS) is 15.9. The number of benzene rings is 3. The minimum atomic E-state index is -4.54. The number of nitrogens with zero attached hydrogens (tertiary/aromatic N) is 3. The van der Waals surface area contributed by atoms with Crippen molar-refractivity contribution in [2.75, 3.05) is 27.2 Å². The van der Waals surface area contributed by atoms with E-state index in [0.717, 1.165) is 22.5 Å². The number of carbonyl (C=O) groups is 1. The van der Waals surface area contributed by atoms with Crippen LogP contribution in [0.25, 0.3) is 28.2 Å². The number of likely N-dealkylation sites (N-methyl/N-ethyl adjacent to an activating group) is 1. The summed E-state index contributed by atoms with van der Waals surface area (Å²) in [4.78, 5) is 17.3. The van der Waals surface area contributed by atoms with Crippen LogP contribution in [0.1, 0.15) is 22.3 Å². The average molecular weight is 582 g/mol. The second-order valence-corrected chi connectivity index (χ2v) is 10.6. The van der Waals surface area contributed by atoms with Gasteiger partial charge in [0.25, 0.3) is 5.91 Å². The molecule has 0 spiro atoms. The van der Waals surface area contributed by atoms with Gasteiger partial charge in [0, 0.05) is 29.2 Å². The Kier molecular flexibility index (Phi) is 7.20. The van der Waals surface area contributed by atoms with Crippen LogP contribution in [0.4, 0.5) is 13.2 Å². The maximum Gasteiger partial charge on any atom is 0.418 e. The molecular weight excluding hydrogens is 555 g/mol. The van der Waals surface area contributed by atoms with Crippen LogP contribution in [-0.4, -0.2) is 53.5 Å². The highest BCUT2D eigenvalue weighted by Crippen LogP contribution is 2.39. The zero-order valence-electron chi connectivity index (χ0n) is 21.0. The number of para-hydroxylation sites is 1. The van der Waals surface area contributed by atoms with Gasteiger partial charge < -0.3 is 14.4 Å². The van der Waals surface area contributed by atoms with E-state index in [9.17, 15) is 18.0 Å². The molecule has 1 aliphatic heterocycles. The third-order valence-corrected chi connectivity index (χ3v) is 7.59. The fraction of sp³-hybridized carbons (Fsp3) is 0.233.